The van der Waals surface area contributed by atoms with Crippen LogP contribution in [0.2, 0.25) is 0 Å². The Kier molecular flexibility index (Phi) is 8.16. The van der Waals surface area contributed by atoms with Crippen LogP contribution in [0.4, 0.5) is 4.79 Å². The van der Waals surface area contributed by atoms with Crippen molar-refractivity contribution in [3.05, 3.63) is 47.5 Å². The molecule has 3 rings (SSSR count). The first-order valence-corrected chi connectivity index (χ1v) is 12.2. The third-order valence-electron chi connectivity index (χ3n) is 6.37. The van der Waals surface area contributed by atoms with E-state index in [4.69, 9.17) is 4.74 Å². The molecule has 0 aliphatic carbocycles. The molecular formula is C26H41N5O2. The molecule has 0 saturated carbocycles. The molecule has 1 amide bonds. The van der Waals surface area contributed by atoms with Gasteiger partial charge in [-0.05, 0) is 59.4 Å². The monoisotopic (exact) mass is 455 g/mol. The molecule has 1 aromatic carbocycles. The first-order valence-electron chi connectivity index (χ1n) is 12.2. The quantitative estimate of drug-likeness (QED) is 0.606. The Morgan fingerprint density at radius 1 is 1.12 bits per heavy atom. The molecule has 1 fully saturated rings. The molecule has 0 spiro atoms. The number of rotatable bonds is 7. The zero-order chi connectivity index (χ0) is 24.2. The summed E-state index contributed by atoms with van der Waals surface area (Å²) in [6.07, 6.45) is 2.62. The van der Waals surface area contributed by atoms with E-state index in [0.29, 0.717) is 18.0 Å². The molecule has 1 aromatic heterocycles. The van der Waals surface area contributed by atoms with Crippen molar-refractivity contribution >= 4 is 6.09 Å². The number of alkyl carbamates (subject to hydrolysis) is 1. The van der Waals surface area contributed by atoms with E-state index in [-0.39, 0.29) is 12.1 Å². The van der Waals surface area contributed by atoms with Crippen LogP contribution in [-0.4, -0.2) is 50.5 Å². The van der Waals surface area contributed by atoms with E-state index < -0.39 is 5.60 Å². The van der Waals surface area contributed by atoms with Crippen LogP contribution >= 0.6 is 0 Å². The lowest BCUT2D eigenvalue weighted by Gasteiger charge is -2.38. The molecule has 0 bridgehead atoms. The van der Waals surface area contributed by atoms with Crippen LogP contribution in [0.5, 0.6) is 0 Å². The minimum atomic E-state index is -0.520. The largest absolute Gasteiger partial charge is 0.444 e. The fraction of sp³-hybridized carbons (Fsp3) is 0.654. The van der Waals surface area contributed by atoms with Gasteiger partial charge in [0.2, 0.25) is 0 Å². The number of nitrogens with zero attached hydrogens (tertiary/aromatic N) is 4. The molecule has 0 radical (unpaired) electrons. The molecule has 1 aliphatic rings. The molecule has 1 unspecified atom stereocenters. The molecular weight excluding hydrogens is 414 g/mol. The van der Waals surface area contributed by atoms with Gasteiger partial charge in [-0.3, -0.25) is 0 Å². The second kappa shape index (κ2) is 10.7. The summed E-state index contributed by atoms with van der Waals surface area (Å²) in [6.45, 7) is 16.4. The standard InChI is InChI=1S/C26H41N5O2/c1-18(2)24-29-28-20(4)31(24)22-13-15-30(16-14-22)19(3)17-23(21-11-9-8-10-12-21)27-25(32)33-26(5,6)7/h8-12,18-19,22-23H,13-17H2,1-7H3,(H,27,32)/t19?,23-/m0/s1. The third kappa shape index (κ3) is 6.79. The number of benzene rings is 1. The highest BCUT2D eigenvalue weighted by atomic mass is 16.6. The van der Waals surface area contributed by atoms with Gasteiger partial charge in [0.05, 0.1) is 6.04 Å². The molecule has 7 heteroatoms. The zero-order valence-corrected chi connectivity index (χ0v) is 21.3. The predicted molar refractivity (Wildman–Crippen MR) is 131 cm³/mol. The van der Waals surface area contributed by atoms with Crippen LogP contribution in [0.3, 0.4) is 0 Å². The summed E-state index contributed by atoms with van der Waals surface area (Å²) in [4.78, 5) is 15.1. The van der Waals surface area contributed by atoms with E-state index in [0.717, 1.165) is 49.6 Å². The average Bonchev–Trinajstić information content (AvgIpc) is 3.14. The molecule has 1 N–H and O–H groups in total. The van der Waals surface area contributed by atoms with Gasteiger partial charge in [0.25, 0.3) is 0 Å². The maximum Gasteiger partial charge on any atom is 0.408 e. The molecule has 1 aliphatic heterocycles. The number of carbonyl (C=O) groups excluding carboxylic acids is 1. The summed E-state index contributed by atoms with van der Waals surface area (Å²) in [5, 5.41) is 11.9. The highest BCUT2D eigenvalue weighted by Gasteiger charge is 2.29. The number of hydrogen-bond acceptors (Lipinski definition) is 5. The average molecular weight is 456 g/mol. The number of carbonyl (C=O) groups is 1. The van der Waals surface area contributed by atoms with Crippen molar-refractivity contribution in [1.82, 2.24) is 25.0 Å². The first kappa shape index (κ1) is 25.2. The van der Waals surface area contributed by atoms with Crippen LogP contribution in [0.1, 0.15) is 96.0 Å². The maximum absolute atomic E-state index is 12.5. The van der Waals surface area contributed by atoms with E-state index in [1.54, 1.807) is 0 Å². The SMILES string of the molecule is Cc1nnc(C(C)C)n1C1CCN(C(C)C[C@H](NC(=O)OC(C)(C)C)c2ccccc2)CC1. The Morgan fingerprint density at radius 2 is 1.76 bits per heavy atom. The van der Waals surface area contributed by atoms with Crippen molar-refractivity contribution < 1.29 is 9.53 Å². The Labute approximate surface area is 198 Å². The van der Waals surface area contributed by atoms with Crippen molar-refractivity contribution in [3.8, 4) is 0 Å². The number of piperidine rings is 1. The number of aryl methyl sites for hydroxylation is 1. The van der Waals surface area contributed by atoms with E-state index in [1.807, 2.05) is 39.0 Å². The number of hydrogen-bond donors (Lipinski definition) is 1. The summed E-state index contributed by atoms with van der Waals surface area (Å²) in [5.41, 5.74) is 0.584. The van der Waals surface area contributed by atoms with Gasteiger partial charge in [-0.1, -0.05) is 44.2 Å². The zero-order valence-electron chi connectivity index (χ0n) is 21.3. The molecule has 7 nitrogen and oxygen atoms in total. The molecule has 182 valence electrons. The highest BCUT2D eigenvalue weighted by Crippen LogP contribution is 2.30. The topological polar surface area (TPSA) is 72.3 Å². The third-order valence-corrected chi connectivity index (χ3v) is 6.37. The van der Waals surface area contributed by atoms with E-state index in [9.17, 15) is 4.79 Å². The molecule has 2 heterocycles. The van der Waals surface area contributed by atoms with Crippen LogP contribution in [-0.2, 0) is 4.74 Å². The van der Waals surface area contributed by atoms with Crippen molar-refractivity contribution in [1.29, 1.82) is 0 Å². The lowest BCUT2D eigenvalue weighted by molar-refractivity contribution is 0.0486. The highest BCUT2D eigenvalue weighted by molar-refractivity contribution is 5.68. The Bertz CT molecular complexity index is 895. The van der Waals surface area contributed by atoms with Gasteiger partial charge < -0.3 is 19.5 Å². The van der Waals surface area contributed by atoms with E-state index >= 15 is 0 Å². The van der Waals surface area contributed by atoms with Gasteiger partial charge in [-0.25, -0.2) is 4.79 Å². The van der Waals surface area contributed by atoms with Crippen molar-refractivity contribution in [2.45, 2.75) is 97.4 Å². The van der Waals surface area contributed by atoms with Gasteiger partial charge >= 0.3 is 6.09 Å². The number of likely N-dealkylation sites (tertiary alicyclic amines) is 1. The molecule has 2 atom stereocenters. The Hall–Kier alpha value is -2.41. The number of aromatic nitrogens is 3. The summed E-state index contributed by atoms with van der Waals surface area (Å²) >= 11 is 0. The summed E-state index contributed by atoms with van der Waals surface area (Å²) in [7, 11) is 0. The lowest BCUT2D eigenvalue weighted by atomic mass is 9.96. The maximum atomic E-state index is 12.5. The smallest absolute Gasteiger partial charge is 0.408 e. The first-order chi connectivity index (χ1) is 15.5. The van der Waals surface area contributed by atoms with Gasteiger partial charge in [0.15, 0.2) is 0 Å². The fourth-order valence-electron chi connectivity index (χ4n) is 4.72. The summed E-state index contributed by atoms with van der Waals surface area (Å²) in [5.74, 6) is 2.47. The normalized spacial score (nSPS) is 17.7. The van der Waals surface area contributed by atoms with E-state index in [1.165, 1.54) is 0 Å². The van der Waals surface area contributed by atoms with Crippen molar-refractivity contribution in [2.24, 2.45) is 0 Å². The fourth-order valence-corrected chi connectivity index (χ4v) is 4.72. The van der Waals surface area contributed by atoms with Crippen LogP contribution in [0, 0.1) is 6.92 Å². The van der Waals surface area contributed by atoms with Crippen LogP contribution in [0.25, 0.3) is 0 Å². The van der Waals surface area contributed by atoms with E-state index in [2.05, 4.69) is 64.8 Å². The Balaban J connectivity index is 1.64. The summed E-state index contributed by atoms with van der Waals surface area (Å²) < 4.78 is 7.89. The van der Waals surface area contributed by atoms with Gasteiger partial charge in [0.1, 0.15) is 17.2 Å². The van der Waals surface area contributed by atoms with Crippen molar-refractivity contribution in [2.75, 3.05) is 13.1 Å². The van der Waals surface area contributed by atoms with Gasteiger partial charge in [-0.2, -0.15) is 0 Å². The lowest BCUT2D eigenvalue weighted by Crippen LogP contribution is -2.43. The Morgan fingerprint density at radius 3 is 2.33 bits per heavy atom. The number of amides is 1. The second-order valence-electron chi connectivity index (χ2n) is 10.6. The van der Waals surface area contributed by atoms with Crippen LogP contribution < -0.4 is 5.32 Å². The molecule has 33 heavy (non-hydrogen) atoms. The second-order valence-corrected chi connectivity index (χ2v) is 10.6. The number of ether oxygens (including phenoxy) is 1. The van der Waals surface area contributed by atoms with Gasteiger partial charge in [0, 0.05) is 31.1 Å². The van der Waals surface area contributed by atoms with Crippen LogP contribution in [0.15, 0.2) is 30.3 Å². The summed E-state index contributed by atoms with van der Waals surface area (Å²) in [6, 6.07) is 10.9. The minimum Gasteiger partial charge on any atom is -0.444 e. The van der Waals surface area contributed by atoms with Gasteiger partial charge in [-0.15, -0.1) is 10.2 Å². The minimum absolute atomic E-state index is 0.0959. The molecule has 1 saturated heterocycles. The number of nitrogens with one attached hydrogen (secondary N) is 1. The van der Waals surface area contributed by atoms with Crippen molar-refractivity contribution in [3.63, 3.8) is 0 Å². The molecule has 2 aromatic rings. The predicted octanol–water partition coefficient (Wildman–Crippen LogP) is 5.39.